The van der Waals surface area contributed by atoms with Crippen molar-refractivity contribution in [1.82, 2.24) is 9.62 Å². The van der Waals surface area contributed by atoms with Crippen molar-refractivity contribution in [3.05, 3.63) is 101 Å². The van der Waals surface area contributed by atoms with E-state index in [-0.39, 0.29) is 40.2 Å². The van der Waals surface area contributed by atoms with Gasteiger partial charge in [0.25, 0.3) is 5.91 Å². The Morgan fingerprint density at radius 1 is 0.971 bits per heavy atom. The Morgan fingerprint density at radius 3 is 2.31 bits per heavy atom. The molecule has 8 heteroatoms. The van der Waals surface area contributed by atoms with Crippen molar-refractivity contribution in [2.24, 2.45) is 5.92 Å². The van der Waals surface area contributed by atoms with Crippen molar-refractivity contribution in [3.63, 3.8) is 0 Å². The molecule has 1 aliphatic heterocycles. The standard InChI is InChI=1S/C27H27FN2O4S/c1-19-8-14-23(15-9-19)35(33,34)29-17-20-5-4-16-30(18-20)27(32)25-7-3-2-6-24(25)26(31)21-10-12-22(28)13-11-21/h2-3,6-15,20,29H,4-5,16-18H2,1H3/t20-/m0/s1. The lowest BCUT2D eigenvalue weighted by Crippen LogP contribution is -2.44. The van der Waals surface area contributed by atoms with E-state index in [0.29, 0.717) is 18.7 Å². The topological polar surface area (TPSA) is 83.6 Å². The molecule has 0 unspecified atom stereocenters. The van der Waals surface area contributed by atoms with E-state index in [1.165, 1.54) is 24.3 Å². The average molecular weight is 495 g/mol. The monoisotopic (exact) mass is 494 g/mol. The van der Waals surface area contributed by atoms with Crippen molar-refractivity contribution in [2.75, 3.05) is 19.6 Å². The largest absolute Gasteiger partial charge is 0.338 e. The third-order valence-electron chi connectivity index (χ3n) is 6.21. The highest BCUT2D eigenvalue weighted by Crippen LogP contribution is 2.22. The summed E-state index contributed by atoms with van der Waals surface area (Å²) in [5.74, 6) is -1.12. The van der Waals surface area contributed by atoms with Crippen LogP contribution in [0.1, 0.15) is 44.7 Å². The number of amides is 1. The summed E-state index contributed by atoms with van der Waals surface area (Å²) in [5, 5.41) is 0. The smallest absolute Gasteiger partial charge is 0.254 e. The fourth-order valence-electron chi connectivity index (χ4n) is 4.24. The van der Waals surface area contributed by atoms with E-state index in [0.717, 1.165) is 18.4 Å². The number of carbonyl (C=O) groups is 2. The van der Waals surface area contributed by atoms with Gasteiger partial charge in [-0.05, 0) is 68.1 Å². The molecule has 3 aromatic rings. The van der Waals surface area contributed by atoms with Crippen LogP contribution >= 0.6 is 0 Å². The minimum absolute atomic E-state index is 0.0483. The molecule has 1 N–H and O–H groups in total. The van der Waals surface area contributed by atoms with Crippen LogP contribution in [0.25, 0.3) is 0 Å². The molecule has 35 heavy (non-hydrogen) atoms. The molecule has 0 aliphatic carbocycles. The first-order valence-electron chi connectivity index (χ1n) is 11.5. The van der Waals surface area contributed by atoms with Gasteiger partial charge in [-0.15, -0.1) is 0 Å². The molecule has 1 amide bonds. The summed E-state index contributed by atoms with van der Waals surface area (Å²) in [6, 6.07) is 18.5. The molecule has 1 fully saturated rings. The molecule has 1 aliphatic rings. The molecular formula is C27H27FN2O4S. The van der Waals surface area contributed by atoms with Gasteiger partial charge in [0, 0.05) is 30.8 Å². The van der Waals surface area contributed by atoms with E-state index in [1.54, 1.807) is 53.4 Å². The number of piperidine rings is 1. The summed E-state index contributed by atoms with van der Waals surface area (Å²) in [6.07, 6.45) is 1.52. The normalized spacial score (nSPS) is 16.2. The summed E-state index contributed by atoms with van der Waals surface area (Å²) in [7, 11) is -3.64. The predicted octanol–water partition coefficient (Wildman–Crippen LogP) is 4.20. The lowest BCUT2D eigenvalue weighted by atomic mass is 9.95. The number of nitrogens with one attached hydrogen (secondary N) is 1. The zero-order chi connectivity index (χ0) is 25.0. The maximum atomic E-state index is 13.4. The van der Waals surface area contributed by atoms with Crippen LogP contribution < -0.4 is 4.72 Å². The van der Waals surface area contributed by atoms with Crippen LogP contribution in [0.5, 0.6) is 0 Å². The Morgan fingerprint density at radius 2 is 1.63 bits per heavy atom. The molecule has 1 heterocycles. The van der Waals surface area contributed by atoms with E-state index in [2.05, 4.69) is 4.72 Å². The van der Waals surface area contributed by atoms with E-state index < -0.39 is 15.8 Å². The first kappa shape index (κ1) is 24.8. The van der Waals surface area contributed by atoms with Crippen molar-refractivity contribution in [1.29, 1.82) is 0 Å². The quantitative estimate of drug-likeness (QED) is 0.499. The van der Waals surface area contributed by atoms with Crippen LogP contribution in [0, 0.1) is 18.7 Å². The number of ketones is 1. The van der Waals surface area contributed by atoms with Gasteiger partial charge in [-0.25, -0.2) is 17.5 Å². The second-order valence-electron chi connectivity index (χ2n) is 8.81. The molecule has 4 rings (SSSR count). The van der Waals surface area contributed by atoms with Gasteiger partial charge in [0.15, 0.2) is 5.78 Å². The molecule has 0 aromatic heterocycles. The highest BCUT2D eigenvalue weighted by atomic mass is 32.2. The first-order chi connectivity index (χ1) is 16.7. The lowest BCUT2D eigenvalue weighted by molar-refractivity contribution is 0.0673. The third-order valence-corrected chi connectivity index (χ3v) is 7.65. The van der Waals surface area contributed by atoms with Crippen molar-refractivity contribution < 1.29 is 22.4 Å². The highest BCUT2D eigenvalue weighted by Gasteiger charge is 2.28. The predicted molar refractivity (Wildman–Crippen MR) is 131 cm³/mol. The van der Waals surface area contributed by atoms with E-state index in [9.17, 15) is 22.4 Å². The molecule has 1 atom stereocenters. The molecular weight excluding hydrogens is 467 g/mol. The zero-order valence-electron chi connectivity index (χ0n) is 19.4. The van der Waals surface area contributed by atoms with Crippen molar-refractivity contribution >= 4 is 21.7 Å². The second kappa shape index (κ2) is 10.5. The molecule has 182 valence electrons. The van der Waals surface area contributed by atoms with Crippen LogP contribution in [-0.4, -0.2) is 44.6 Å². The van der Waals surface area contributed by atoms with Crippen LogP contribution in [0.3, 0.4) is 0 Å². The van der Waals surface area contributed by atoms with Crippen LogP contribution in [0.4, 0.5) is 4.39 Å². The second-order valence-corrected chi connectivity index (χ2v) is 10.6. The number of likely N-dealkylation sites (tertiary alicyclic amines) is 1. The Hall–Kier alpha value is -3.36. The SMILES string of the molecule is Cc1ccc(S(=O)(=O)NC[C@@H]2CCCN(C(=O)c3ccccc3C(=O)c3ccc(F)cc3)C2)cc1. The Labute approximate surface area is 204 Å². The summed E-state index contributed by atoms with van der Waals surface area (Å²) >= 11 is 0. The van der Waals surface area contributed by atoms with Crippen LogP contribution in [0.15, 0.2) is 77.7 Å². The van der Waals surface area contributed by atoms with Gasteiger partial charge in [0.05, 0.1) is 10.5 Å². The van der Waals surface area contributed by atoms with Gasteiger partial charge in [-0.3, -0.25) is 9.59 Å². The summed E-state index contributed by atoms with van der Waals surface area (Å²) < 4.78 is 41.2. The van der Waals surface area contributed by atoms with Crippen molar-refractivity contribution in [3.8, 4) is 0 Å². The fraction of sp³-hybridized carbons (Fsp3) is 0.259. The number of hydrogen-bond donors (Lipinski definition) is 1. The number of rotatable bonds is 7. The van der Waals surface area contributed by atoms with Crippen molar-refractivity contribution in [2.45, 2.75) is 24.7 Å². The van der Waals surface area contributed by atoms with Crippen LogP contribution in [0.2, 0.25) is 0 Å². The Balaban J connectivity index is 1.46. The van der Waals surface area contributed by atoms with Crippen LogP contribution in [-0.2, 0) is 10.0 Å². The molecule has 0 bridgehead atoms. The molecule has 0 spiro atoms. The van der Waals surface area contributed by atoms with Gasteiger partial charge in [0.2, 0.25) is 10.0 Å². The number of sulfonamides is 1. The van der Waals surface area contributed by atoms with Gasteiger partial charge in [-0.1, -0.05) is 35.9 Å². The maximum Gasteiger partial charge on any atom is 0.254 e. The van der Waals surface area contributed by atoms with Gasteiger partial charge in [0.1, 0.15) is 5.82 Å². The summed E-state index contributed by atoms with van der Waals surface area (Å²) in [5.41, 5.74) is 1.81. The Kier molecular flexibility index (Phi) is 7.42. The van der Waals surface area contributed by atoms with Gasteiger partial charge in [-0.2, -0.15) is 0 Å². The molecule has 1 saturated heterocycles. The maximum absolute atomic E-state index is 13.4. The van der Waals surface area contributed by atoms with E-state index >= 15 is 0 Å². The zero-order valence-corrected chi connectivity index (χ0v) is 20.2. The number of nitrogens with zero attached hydrogens (tertiary/aromatic N) is 1. The summed E-state index contributed by atoms with van der Waals surface area (Å²) in [4.78, 5) is 28.3. The highest BCUT2D eigenvalue weighted by molar-refractivity contribution is 7.89. The fourth-order valence-corrected chi connectivity index (χ4v) is 5.36. The number of carbonyl (C=O) groups excluding carboxylic acids is 2. The first-order valence-corrected chi connectivity index (χ1v) is 13.0. The molecule has 3 aromatic carbocycles. The minimum atomic E-state index is -3.64. The summed E-state index contributed by atoms with van der Waals surface area (Å²) in [6.45, 7) is 3.02. The van der Waals surface area contributed by atoms with E-state index in [1.807, 2.05) is 6.92 Å². The molecule has 0 radical (unpaired) electrons. The average Bonchev–Trinajstić information content (AvgIpc) is 2.87. The number of aryl methyl sites for hydroxylation is 1. The number of hydrogen-bond acceptors (Lipinski definition) is 4. The molecule has 6 nitrogen and oxygen atoms in total. The Bertz CT molecular complexity index is 1320. The van der Waals surface area contributed by atoms with Gasteiger partial charge >= 0.3 is 0 Å². The van der Waals surface area contributed by atoms with E-state index in [4.69, 9.17) is 0 Å². The third kappa shape index (κ3) is 5.83. The lowest BCUT2D eigenvalue weighted by Gasteiger charge is -2.33. The minimum Gasteiger partial charge on any atom is -0.338 e. The number of halogens is 1. The van der Waals surface area contributed by atoms with Gasteiger partial charge < -0.3 is 4.90 Å². The molecule has 0 saturated carbocycles. The number of benzene rings is 3.